The molecule has 2 rings (SSSR count). The van der Waals surface area contributed by atoms with Crippen LogP contribution in [0.15, 0.2) is 0 Å². The monoisotopic (exact) mass is 257 g/mol. The topological polar surface area (TPSA) is 50.7 Å². The van der Waals surface area contributed by atoms with E-state index in [9.17, 15) is 5.11 Å². The van der Waals surface area contributed by atoms with Crippen LogP contribution < -0.4 is 5.32 Å². The smallest absolute Gasteiger partial charge is 0.0951 e. The summed E-state index contributed by atoms with van der Waals surface area (Å²) in [5.74, 6) is 0. The Labute approximate surface area is 110 Å². The first kappa shape index (κ1) is 14.3. The zero-order valence-corrected chi connectivity index (χ0v) is 11.7. The summed E-state index contributed by atoms with van der Waals surface area (Å²) < 4.78 is 11.4. The molecule has 0 aliphatic carbocycles. The van der Waals surface area contributed by atoms with E-state index in [4.69, 9.17) is 9.47 Å². The Morgan fingerprint density at radius 1 is 1.44 bits per heavy atom. The van der Waals surface area contributed by atoms with Crippen LogP contribution in [0.5, 0.6) is 0 Å². The predicted molar refractivity (Wildman–Crippen MR) is 70.7 cm³/mol. The first-order valence-electron chi connectivity index (χ1n) is 7.22. The number of aliphatic hydroxyl groups is 1. The molecular weight excluding hydrogens is 230 g/mol. The Morgan fingerprint density at radius 2 is 2.28 bits per heavy atom. The van der Waals surface area contributed by atoms with E-state index in [0.717, 1.165) is 51.9 Å². The van der Waals surface area contributed by atoms with Crippen molar-refractivity contribution >= 4 is 0 Å². The van der Waals surface area contributed by atoms with Gasteiger partial charge in [-0.1, -0.05) is 6.92 Å². The van der Waals surface area contributed by atoms with Gasteiger partial charge in [0.2, 0.25) is 0 Å². The molecule has 18 heavy (non-hydrogen) atoms. The van der Waals surface area contributed by atoms with Crippen molar-refractivity contribution in [3.63, 3.8) is 0 Å². The van der Waals surface area contributed by atoms with Gasteiger partial charge in [-0.25, -0.2) is 0 Å². The normalized spacial score (nSPS) is 35.8. The second-order valence-electron chi connectivity index (χ2n) is 6.06. The molecule has 0 aromatic heterocycles. The highest BCUT2D eigenvalue weighted by atomic mass is 16.6. The molecule has 0 bridgehead atoms. The lowest BCUT2D eigenvalue weighted by atomic mass is 9.86. The summed E-state index contributed by atoms with van der Waals surface area (Å²) in [6, 6.07) is 0.483. The van der Waals surface area contributed by atoms with E-state index in [1.165, 1.54) is 0 Å². The van der Waals surface area contributed by atoms with Crippen LogP contribution in [-0.4, -0.2) is 48.7 Å². The lowest BCUT2D eigenvalue weighted by Gasteiger charge is -2.42. The molecule has 2 fully saturated rings. The number of hydrogen-bond donors (Lipinski definition) is 2. The van der Waals surface area contributed by atoms with Gasteiger partial charge in [-0.2, -0.15) is 0 Å². The fraction of sp³-hybridized carbons (Fsp3) is 1.00. The van der Waals surface area contributed by atoms with Crippen LogP contribution in [0.25, 0.3) is 0 Å². The van der Waals surface area contributed by atoms with Crippen LogP contribution in [-0.2, 0) is 9.47 Å². The Balaban J connectivity index is 1.92. The van der Waals surface area contributed by atoms with Gasteiger partial charge in [0.15, 0.2) is 0 Å². The summed E-state index contributed by atoms with van der Waals surface area (Å²) in [6.07, 6.45) is 4.96. The molecule has 2 aliphatic heterocycles. The molecule has 0 amide bonds. The van der Waals surface area contributed by atoms with Crippen LogP contribution in [0, 0.1) is 0 Å². The largest absolute Gasteiger partial charge is 0.396 e. The van der Waals surface area contributed by atoms with Gasteiger partial charge in [-0.05, 0) is 32.6 Å². The van der Waals surface area contributed by atoms with E-state index in [1.54, 1.807) is 0 Å². The molecule has 1 spiro atoms. The maximum atomic E-state index is 9.18. The predicted octanol–water partition coefficient (Wildman–Crippen LogP) is 1.47. The third-order valence-electron chi connectivity index (χ3n) is 4.56. The average molecular weight is 257 g/mol. The quantitative estimate of drug-likeness (QED) is 0.783. The van der Waals surface area contributed by atoms with Gasteiger partial charge in [0.05, 0.1) is 12.2 Å². The van der Waals surface area contributed by atoms with Crippen molar-refractivity contribution in [2.45, 2.75) is 63.1 Å². The highest BCUT2D eigenvalue weighted by molar-refractivity contribution is 4.95. The van der Waals surface area contributed by atoms with Crippen molar-refractivity contribution in [3.05, 3.63) is 0 Å². The standard InChI is InChI=1S/C14H27NO3/c1-3-13(2,5-7-16)15-12-4-8-18-14(10-12)6-9-17-11-14/h12,15-16H,3-11H2,1-2H3. The van der Waals surface area contributed by atoms with E-state index < -0.39 is 0 Å². The van der Waals surface area contributed by atoms with Crippen molar-refractivity contribution in [2.24, 2.45) is 0 Å². The molecule has 2 saturated heterocycles. The van der Waals surface area contributed by atoms with Gasteiger partial charge in [0.1, 0.15) is 0 Å². The molecule has 3 atom stereocenters. The zero-order valence-electron chi connectivity index (χ0n) is 11.7. The third kappa shape index (κ3) is 3.23. The Kier molecular flexibility index (Phi) is 4.64. The van der Waals surface area contributed by atoms with Crippen molar-refractivity contribution in [1.29, 1.82) is 0 Å². The molecule has 0 saturated carbocycles. The first-order chi connectivity index (χ1) is 8.61. The van der Waals surface area contributed by atoms with Gasteiger partial charge < -0.3 is 19.9 Å². The van der Waals surface area contributed by atoms with Crippen molar-refractivity contribution in [1.82, 2.24) is 5.32 Å². The van der Waals surface area contributed by atoms with Gasteiger partial charge in [-0.3, -0.25) is 0 Å². The number of nitrogens with one attached hydrogen (secondary N) is 1. The van der Waals surface area contributed by atoms with Crippen molar-refractivity contribution < 1.29 is 14.6 Å². The van der Waals surface area contributed by atoms with Crippen LogP contribution >= 0.6 is 0 Å². The fourth-order valence-electron chi connectivity index (χ4n) is 3.10. The molecule has 2 aliphatic rings. The summed E-state index contributed by atoms with van der Waals surface area (Å²) in [6.45, 7) is 7.02. The molecule has 0 aromatic rings. The molecule has 3 unspecified atom stereocenters. The summed E-state index contributed by atoms with van der Waals surface area (Å²) >= 11 is 0. The van der Waals surface area contributed by atoms with Gasteiger partial charge in [0, 0.05) is 37.8 Å². The minimum absolute atomic E-state index is 0.0379. The maximum absolute atomic E-state index is 9.18. The van der Waals surface area contributed by atoms with Crippen molar-refractivity contribution in [3.8, 4) is 0 Å². The second kappa shape index (κ2) is 5.87. The molecule has 4 nitrogen and oxygen atoms in total. The minimum atomic E-state index is -0.0379. The zero-order chi connectivity index (χ0) is 13.1. The number of rotatable bonds is 5. The summed E-state index contributed by atoms with van der Waals surface area (Å²) in [5.41, 5.74) is 0.00118. The van der Waals surface area contributed by atoms with E-state index in [-0.39, 0.29) is 17.7 Å². The van der Waals surface area contributed by atoms with Crippen molar-refractivity contribution in [2.75, 3.05) is 26.4 Å². The Bertz CT molecular complexity index is 266. The number of ether oxygens (including phenoxy) is 2. The van der Waals surface area contributed by atoms with Crippen LogP contribution in [0.2, 0.25) is 0 Å². The van der Waals surface area contributed by atoms with E-state index in [0.29, 0.717) is 6.04 Å². The van der Waals surface area contributed by atoms with Gasteiger partial charge in [0.25, 0.3) is 0 Å². The lowest BCUT2D eigenvalue weighted by molar-refractivity contribution is -0.0924. The summed E-state index contributed by atoms with van der Waals surface area (Å²) in [5, 5.41) is 12.9. The van der Waals surface area contributed by atoms with Crippen LogP contribution in [0.4, 0.5) is 0 Å². The van der Waals surface area contributed by atoms with Crippen LogP contribution in [0.1, 0.15) is 46.0 Å². The molecule has 106 valence electrons. The molecule has 0 aromatic carbocycles. The molecule has 2 N–H and O–H groups in total. The number of hydrogen-bond acceptors (Lipinski definition) is 4. The molecular formula is C14H27NO3. The molecule has 4 heteroatoms. The van der Waals surface area contributed by atoms with Gasteiger partial charge in [-0.15, -0.1) is 0 Å². The minimum Gasteiger partial charge on any atom is -0.396 e. The Hall–Kier alpha value is -0.160. The highest BCUT2D eigenvalue weighted by Gasteiger charge is 2.42. The second-order valence-corrected chi connectivity index (χ2v) is 6.06. The SMILES string of the molecule is CCC(C)(CCO)NC1CCOC2(CCOC2)C1. The molecule has 2 heterocycles. The highest BCUT2D eigenvalue weighted by Crippen LogP contribution is 2.33. The number of aliphatic hydroxyl groups excluding tert-OH is 1. The fourth-order valence-corrected chi connectivity index (χ4v) is 3.10. The average Bonchev–Trinajstić information content (AvgIpc) is 2.77. The molecule has 0 radical (unpaired) electrons. The van der Waals surface area contributed by atoms with E-state index in [1.807, 2.05) is 0 Å². The Morgan fingerprint density at radius 3 is 2.89 bits per heavy atom. The van der Waals surface area contributed by atoms with E-state index in [2.05, 4.69) is 19.2 Å². The lowest BCUT2D eigenvalue weighted by Crippen LogP contribution is -2.54. The van der Waals surface area contributed by atoms with Gasteiger partial charge >= 0.3 is 0 Å². The third-order valence-corrected chi connectivity index (χ3v) is 4.56. The summed E-state index contributed by atoms with van der Waals surface area (Å²) in [4.78, 5) is 0. The van der Waals surface area contributed by atoms with Crippen LogP contribution in [0.3, 0.4) is 0 Å². The van der Waals surface area contributed by atoms with E-state index >= 15 is 0 Å². The summed E-state index contributed by atoms with van der Waals surface area (Å²) in [7, 11) is 0. The first-order valence-corrected chi connectivity index (χ1v) is 7.22. The maximum Gasteiger partial charge on any atom is 0.0951 e.